The molecule has 0 spiro atoms. The Labute approximate surface area is 182 Å². The van der Waals surface area contributed by atoms with Crippen LogP contribution in [0.2, 0.25) is 0 Å². The van der Waals surface area contributed by atoms with Crippen molar-refractivity contribution in [3.8, 4) is 0 Å². The predicted octanol–water partition coefficient (Wildman–Crippen LogP) is 3.81. The summed E-state index contributed by atoms with van der Waals surface area (Å²) in [6.07, 6.45) is 13.2. The van der Waals surface area contributed by atoms with Gasteiger partial charge in [0.2, 0.25) is 6.29 Å². The zero-order valence-corrected chi connectivity index (χ0v) is 19.7. The van der Waals surface area contributed by atoms with Crippen LogP contribution >= 0.6 is 7.75 Å². The Morgan fingerprint density at radius 2 is 1.40 bits per heavy atom. The number of hydrogen-bond acceptors (Lipinski definition) is 6. The monoisotopic (exact) mass is 453 g/mol. The maximum Gasteiger partial charge on any atom is 0.405 e. The van der Waals surface area contributed by atoms with Gasteiger partial charge in [-0.3, -0.25) is 9.32 Å². The van der Waals surface area contributed by atoms with E-state index in [1.807, 2.05) is 5.09 Å². The number of carbonyl (C=O) groups excluding carboxylic acids is 1. The van der Waals surface area contributed by atoms with Crippen LogP contribution in [0.5, 0.6) is 0 Å². The number of Topliss-reactive ketones (excluding diaryl/α,β-unsaturated/α-hetero) is 1. The van der Waals surface area contributed by atoms with Crippen LogP contribution in [-0.4, -0.2) is 51.0 Å². The van der Waals surface area contributed by atoms with E-state index in [0.717, 1.165) is 26.2 Å². The molecule has 0 aliphatic carbocycles. The molecule has 0 aromatic heterocycles. The Balaban J connectivity index is 3.85. The van der Waals surface area contributed by atoms with E-state index >= 15 is 0 Å². The van der Waals surface area contributed by atoms with Crippen LogP contribution < -0.4 is 5.09 Å². The number of nitrogens with one attached hydrogen (secondary N) is 1. The van der Waals surface area contributed by atoms with Crippen molar-refractivity contribution in [1.29, 1.82) is 0 Å². The molecular weight excluding hydrogens is 409 g/mol. The molecule has 0 aromatic carbocycles. The van der Waals surface area contributed by atoms with E-state index < -0.39 is 32.0 Å². The molecule has 0 radical (unpaired) electrons. The van der Waals surface area contributed by atoms with E-state index in [9.17, 15) is 24.5 Å². The highest BCUT2D eigenvalue weighted by Crippen LogP contribution is 2.39. The van der Waals surface area contributed by atoms with Gasteiger partial charge in [0.1, 0.15) is 0 Å². The van der Waals surface area contributed by atoms with Gasteiger partial charge in [0, 0.05) is 13.0 Å². The van der Waals surface area contributed by atoms with Crippen molar-refractivity contribution >= 4 is 13.5 Å². The molecule has 0 saturated heterocycles. The second-order valence-corrected chi connectivity index (χ2v) is 9.74. The average molecular weight is 454 g/mol. The van der Waals surface area contributed by atoms with Gasteiger partial charge in [-0.2, -0.15) is 0 Å². The topological polar surface area (TPSA) is 136 Å². The van der Waals surface area contributed by atoms with Crippen molar-refractivity contribution in [2.24, 2.45) is 0 Å². The summed E-state index contributed by atoms with van der Waals surface area (Å²) in [5, 5.41) is 30.7. The van der Waals surface area contributed by atoms with Gasteiger partial charge in [-0.1, -0.05) is 84.0 Å². The van der Waals surface area contributed by atoms with Crippen LogP contribution in [0, 0.1) is 0 Å². The van der Waals surface area contributed by atoms with Gasteiger partial charge in [0.25, 0.3) is 0 Å². The minimum absolute atomic E-state index is 0.0605. The number of unbranched alkanes of at least 4 members (excludes halogenated alkanes) is 12. The molecule has 3 unspecified atom stereocenters. The van der Waals surface area contributed by atoms with Crippen molar-refractivity contribution in [2.45, 2.75) is 116 Å². The van der Waals surface area contributed by atoms with Gasteiger partial charge in [-0.25, -0.2) is 9.65 Å². The zero-order valence-electron chi connectivity index (χ0n) is 18.9. The van der Waals surface area contributed by atoms with Crippen molar-refractivity contribution in [2.75, 3.05) is 13.2 Å². The first-order valence-corrected chi connectivity index (χ1v) is 13.1. The number of aliphatic hydroxyl groups is 3. The summed E-state index contributed by atoms with van der Waals surface area (Å²) in [7, 11) is -4.43. The van der Waals surface area contributed by atoms with E-state index in [4.69, 9.17) is 5.11 Å². The molecule has 30 heavy (non-hydrogen) atoms. The van der Waals surface area contributed by atoms with Gasteiger partial charge in [-0.05, 0) is 13.3 Å². The fraction of sp³-hybridized carbons (Fsp3) is 0.952. The molecule has 0 aliphatic rings. The van der Waals surface area contributed by atoms with Crippen LogP contribution in [0.3, 0.4) is 0 Å². The van der Waals surface area contributed by atoms with Gasteiger partial charge in [-0.15, -0.1) is 0 Å². The van der Waals surface area contributed by atoms with Crippen LogP contribution in [0.15, 0.2) is 0 Å². The van der Waals surface area contributed by atoms with Crippen LogP contribution in [0.1, 0.15) is 104 Å². The average Bonchev–Trinajstić information content (AvgIpc) is 2.69. The molecule has 180 valence electrons. The lowest BCUT2D eigenvalue weighted by Gasteiger charge is -2.28. The molecule has 5 N–H and O–H groups in total. The fourth-order valence-electron chi connectivity index (χ4n) is 3.16. The second-order valence-electron chi connectivity index (χ2n) is 8.17. The summed E-state index contributed by atoms with van der Waals surface area (Å²) >= 11 is 0. The fourth-order valence-corrected chi connectivity index (χ4v) is 4.09. The van der Waals surface area contributed by atoms with Gasteiger partial charge < -0.3 is 20.2 Å². The quantitative estimate of drug-likeness (QED) is 0.101. The van der Waals surface area contributed by atoms with Crippen molar-refractivity contribution in [3.63, 3.8) is 0 Å². The van der Waals surface area contributed by atoms with Gasteiger partial charge in [0.05, 0.1) is 6.61 Å². The van der Waals surface area contributed by atoms with Crippen LogP contribution in [0.25, 0.3) is 0 Å². The Kier molecular flexibility index (Phi) is 17.0. The minimum atomic E-state index is -4.43. The van der Waals surface area contributed by atoms with Crippen molar-refractivity contribution in [3.05, 3.63) is 0 Å². The third kappa shape index (κ3) is 14.6. The first-order chi connectivity index (χ1) is 14.2. The molecule has 0 rings (SSSR count). The van der Waals surface area contributed by atoms with E-state index in [1.165, 1.54) is 57.8 Å². The maximum absolute atomic E-state index is 12.2. The first kappa shape index (κ1) is 29.7. The van der Waals surface area contributed by atoms with E-state index in [0.29, 0.717) is 6.42 Å². The number of ketones is 1. The van der Waals surface area contributed by atoms with E-state index in [-0.39, 0.29) is 13.0 Å². The second kappa shape index (κ2) is 17.2. The SMILES string of the molecule is CCCCCCCCCCCCCCCC(=O)C(C)(O)C(O)OP(=O)(O)NCCO. The summed E-state index contributed by atoms with van der Waals surface area (Å²) in [6.45, 7) is 2.66. The van der Waals surface area contributed by atoms with E-state index in [1.54, 1.807) is 0 Å². The van der Waals surface area contributed by atoms with Gasteiger partial charge in [0.15, 0.2) is 11.4 Å². The van der Waals surface area contributed by atoms with Crippen molar-refractivity contribution < 1.29 is 34.1 Å². The summed E-state index contributed by atoms with van der Waals surface area (Å²) in [5.41, 5.74) is -2.28. The lowest BCUT2D eigenvalue weighted by atomic mass is 9.95. The summed E-state index contributed by atoms with van der Waals surface area (Å²) in [6, 6.07) is 0. The normalized spacial score (nSPS) is 16.7. The van der Waals surface area contributed by atoms with Gasteiger partial charge >= 0.3 is 7.75 Å². The largest absolute Gasteiger partial charge is 0.405 e. The molecular formula is C21H44NO7P. The van der Waals surface area contributed by atoms with Crippen LogP contribution in [0.4, 0.5) is 0 Å². The molecule has 0 aliphatic heterocycles. The smallest absolute Gasteiger partial charge is 0.395 e. The van der Waals surface area contributed by atoms with Crippen molar-refractivity contribution in [1.82, 2.24) is 5.09 Å². The highest BCUT2D eigenvalue weighted by Gasteiger charge is 2.42. The zero-order chi connectivity index (χ0) is 22.9. The maximum atomic E-state index is 12.2. The molecule has 0 saturated carbocycles. The Morgan fingerprint density at radius 3 is 1.83 bits per heavy atom. The lowest BCUT2D eigenvalue weighted by Crippen LogP contribution is -2.48. The predicted molar refractivity (Wildman–Crippen MR) is 118 cm³/mol. The molecule has 0 amide bonds. The summed E-state index contributed by atoms with van der Waals surface area (Å²) < 4.78 is 16.2. The highest BCUT2D eigenvalue weighted by atomic mass is 31.2. The molecule has 8 nitrogen and oxygen atoms in total. The Hall–Kier alpha value is -0.340. The number of hydrogen-bond donors (Lipinski definition) is 5. The van der Waals surface area contributed by atoms with Crippen LogP contribution in [-0.2, 0) is 13.9 Å². The molecule has 0 bridgehead atoms. The lowest BCUT2D eigenvalue weighted by molar-refractivity contribution is -0.178. The molecule has 3 atom stereocenters. The van der Waals surface area contributed by atoms with E-state index in [2.05, 4.69) is 11.4 Å². The third-order valence-electron chi connectivity index (χ3n) is 5.22. The molecule has 0 heterocycles. The Bertz CT molecular complexity index is 488. The number of rotatable bonds is 21. The minimum Gasteiger partial charge on any atom is -0.395 e. The molecule has 0 aromatic rings. The number of carbonyl (C=O) groups is 1. The number of aliphatic hydroxyl groups excluding tert-OH is 2. The molecule has 0 fully saturated rings. The summed E-state index contributed by atoms with van der Waals surface area (Å²) in [5.74, 6) is -0.639. The highest BCUT2D eigenvalue weighted by molar-refractivity contribution is 7.50. The standard InChI is InChI=1S/C21H44NO7P/c1-3-4-5-6-7-8-9-10-11-12-13-14-15-16-19(24)21(2,26)20(25)29-30(27,28)22-17-18-23/h20,23,25-26H,3-18H2,1-2H3,(H2,22,27,28). The first-order valence-electron chi connectivity index (χ1n) is 11.5. The summed E-state index contributed by atoms with van der Waals surface area (Å²) in [4.78, 5) is 21.7. The Morgan fingerprint density at radius 1 is 0.967 bits per heavy atom. The molecule has 9 heteroatoms. The third-order valence-corrected chi connectivity index (χ3v) is 6.33.